The summed E-state index contributed by atoms with van der Waals surface area (Å²) in [7, 11) is 2.16. The predicted molar refractivity (Wildman–Crippen MR) is 72.7 cm³/mol. The van der Waals surface area contributed by atoms with Gasteiger partial charge in [0.1, 0.15) is 0 Å². The molecular formula is C13H18ClNS. The highest BCUT2D eigenvalue weighted by molar-refractivity contribution is 7.99. The summed E-state index contributed by atoms with van der Waals surface area (Å²) in [4.78, 5) is 3.80. The van der Waals surface area contributed by atoms with Crippen LogP contribution >= 0.6 is 23.4 Å². The van der Waals surface area contributed by atoms with Gasteiger partial charge in [0.05, 0.1) is 0 Å². The molecule has 2 rings (SSSR count). The van der Waals surface area contributed by atoms with Gasteiger partial charge in [-0.25, -0.2) is 0 Å². The quantitative estimate of drug-likeness (QED) is 0.759. The largest absolute Gasteiger partial charge is 0.304 e. The second-order valence-corrected chi connectivity index (χ2v) is 6.35. The number of alkyl halides is 1. The van der Waals surface area contributed by atoms with Gasteiger partial charge in [-0.15, -0.1) is 23.4 Å². The Morgan fingerprint density at radius 2 is 2.25 bits per heavy atom. The van der Waals surface area contributed by atoms with Crippen LogP contribution in [0.1, 0.15) is 18.4 Å². The summed E-state index contributed by atoms with van der Waals surface area (Å²) in [5, 5.41) is 0.231. The zero-order chi connectivity index (χ0) is 11.5. The van der Waals surface area contributed by atoms with Crippen molar-refractivity contribution in [3.05, 3.63) is 29.8 Å². The molecule has 0 N–H and O–H groups in total. The van der Waals surface area contributed by atoms with Crippen molar-refractivity contribution in [1.82, 2.24) is 4.90 Å². The van der Waals surface area contributed by atoms with Gasteiger partial charge >= 0.3 is 0 Å². The van der Waals surface area contributed by atoms with Crippen LogP contribution in [0.5, 0.6) is 0 Å². The Labute approximate surface area is 107 Å². The summed E-state index contributed by atoms with van der Waals surface area (Å²) >= 11 is 7.99. The van der Waals surface area contributed by atoms with Gasteiger partial charge in [0.25, 0.3) is 0 Å². The van der Waals surface area contributed by atoms with E-state index in [2.05, 4.69) is 43.1 Å². The average molecular weight is 256 g/mol. The summed E-state index contributed by atoms with van der Waals surface area (Å²) in [6, 6.07) is 8.75. The molecule has 1 heterocycles. The van der Waals surface area contributed by atoms with Crippen molar-refractivity contribution in [2.75, 3.05) is 25.9 Å². The molecule has 0 saturated carbocycles. The number of benzene rings is 1. The van der Waals surface area contributed by atoms with Crippen molar-refractivity contribution in [3.63, 3.8) is 0 Å². The van der Waals surface area contributed by atoms with E-state index < -0.39 is 0 Å². The normalized spacial score (nSPS) is 21.1. The first-order valence-electron chi connectivity index (χ1n) is 5.71. The fraction of sp³-hybridized carbons (Fsp3) is 0.538. The fourth-order valence-corrected chi connectivity index (χ4v) is 3.74. The molecule has 0 amide bonds. The first-order chi connectivity index (χ1) is 7.66. The van der Waals surface area contributed by atoms with Gasteiger partial charge in [-0.3, -0.25) is 0 Å². The van der Waals surface area contributed by atoms with Crippen molar-refractivity contribution in [2.24, 2.45) is 0 Å². The maximum atomic E-state index is 6.01. The molecule has 0 radical (unpaired) electrons. The second-order valence-electron chi connectivity index (χ2n) is 4.55. The molecule has 0 aliphatic carbocycles. The van der Waals surface area contributed by atoms with Gasteiger partial charge in [-0.1, -0.05) is 18.2 Å². The van der Waals surface area contributed by atoms with Crippen LogP contribution in [-0.4, -0.2) is 36.2 Å². The van der Waals surface area contributed by atoms with E-state index in [4.69, 9.17) is 11.6 Å². The smallest absolute Gasteiger partial charge is 0.0434 e. The lowest BCUT2D eigenvalue weighted by Crippen LogP contribution is -2.29. The van der Waals surface area contributed by atoms with Gasteiger partial charge in [-0.2, -0.15) is 0 Å². The summed E-state index contributed by atoms with van der Waals surface area (Å²) in [5.74, 6) is 1.88. The molecule has 1 nitrogen and oxygen atoms in total. The predicted octanol–water partition coefficient (Wildman–Crippen LogP) is 3.44. The topological polar surface area (TPSA) is 3.24 Å². The Morgan fingerprint density at radius 3 is 3.00 bits per heavy atom. The number of rotatable bonds is 4. The van der Waals surface area contributed by atoms with Crippen LogP contribution in [0.2, 0.25) is 0 Å². The third-order valence-corrected chi connectivity index (χ3v) is 4.28. The monoisotopic (exact) mass is 255 g/mol. The molecule has 16 heavy (non-hydrogen) atoms. The van der Waals surface area contributed by atoms with Crippen molar-refractivity contribution in [3.8, 4) is 0 Å². The maximum absolute atomic E-state index is 6.01. The first kappa shape index (κ1) is 12.3. The highest BCUT2D eigenvalue weighted by atomic mass is 35.5. The summed E-state index contributed by atoms with van der Waals surface area (Å²) < 4.78 is 0. The standard InChI is InChI=1S/C13H18ClNS/c1-10(14)7-15(2)8-11-9-16-13-6-4-3-5-12(11)13/h3-6,10-11H,7-9H2,1-2H3. The Morgan fingerprint density at radius 1 is 1.50 bits per heavy atom. The minimum Gasteiger partial charge on any atom is -0.304 e. The van der Waals surface area contributed by atoms with E-state index in [1.54, 1.807) is 0 Å². The van der Waals surface area contributed by atoms with E-state index in [0.717, 1.165) is 13.1 Å². The number of nitrogens with zero attached hydrogens (tertiary/aromatic N) is 1. The molecule has 0 fully saturated rings. The molecule has 1 aromatic rings. The van der Waals surface area contributed by atoms with E-state index in [0.29, 0.717) is 5.92 Å². The second kappa shape index (κ2) is 5.44. The molecule has 1 aliphatic rings. The molecule has 1 aromatic carbocycles. The van der Waals surface area contributed by atoms with Gasteiger partial charge < -0.3 is 4.90 Å². The van der Waals surface area contributed by atoms with E-state index in [9.17, 15) is 0 Å². The lowest BCUT2D eigenvalue weighted by Gasteiger charge is -2.22. The van der Waals surface area contributed by atoms with Crippen LogP contribution in [0.25, 0.3) is 0 Å². The zero-order valence-electron chi connectivity index (χ0n) is 9.82. The number of thioether (sulfide) groups is 1. The Bertz CT molecular complexity index is 354. The Balaban J connectivity index is 1.98. The van der Waals surface area contributed by atoms with Crippen LogP contribution in [0.3, 0.4) is 0 Å². The van der Waals surface area contributed by atoms with E-state index in [-0.39, 0.29) is 5.38 Å². The van der Waals surface area contributed by atoms with Crippen molar-refractivity contribution < 1.29 is 0 Å². The first-order valence-corrected chi connectivity index (χ1v) is 7.13. The highest BCUT2D eigenvalue weighted by Gasteiger charge is 2.23. The summed E-state index contributed by atoms with van der Waals surface area (Å²) in [6.07, 6.45) is 0. The van der Waals surface area contributed by atoms with E-state index in [1.807, 2.05) is 11.8 Å². The van der Waals surface area contributed by atoms with Crippen LogP contribution in [0.15, 0.2) is 29.2 Å². The van der Waals surface area contributed by atoms with Crippen molar-refractivity contribution >= 4 is 23.4 Å². The van der Waals surface area contributed by atoms with Crippen LogP contribution in [0, 0.1) is 0 Å². The zero-order valence-corrected chi connectivity index (χ0v) is 11.4. The van der Waals surface area contributed by atoms with Crippen molar-refractivity contribution in [2.45, 2.75) is 23.1 Å². The minimum atomic E-state index is 0.231. The molecule has 2 atom stereocenters. The number of likely N-dealkylation sites (N-methyl/N-ethyl adjacent to an activating group) is 1. The Hall–Kier alpha value is -0.180. The molecule has 3 heteroatoms. The summed E-state index contributed by atoms with van der Waals surface area (Å²) in [6.45, 7) is 4.13. The number of fused-ring (bicyclic) bond motifs is 1. The van der Waals surface area contributed by atoms with Crippen molar-refractivity contribution in [1.29, 1.82) is 0 Å². The fourth-order valence-electron chi connectivity index (χ4n) is 2.26. The highest BCUT2D eigenvalue weighted by Crippen LogP contribution is 2.39. The van der Waals surface area contributed by atoms with Gasteiger partial charge in [0, 0.05) is 35.0 Å². The van der Waals surface area contributed by atoms with Crippen LogP contribution in [0.4, 0.5) is 0 Å². The molecule has 1 aliphatic heterocycles. The summed E-state index contributed by atoms with van der Waals surface area (Å²) in [5.41, 5.74) is 1.52. The molecular weight excluding hydrogens is 238 g/mol. The Kier molecular flexibility index (Phi) is 4.17. The SMILES string of the molecule is CC(Cl)CN(C)CC1CSc2ccccc21. The molecule has 0 bridgehead atoms. The molecule has 0 spiro atoms. The lowest BCUT2D eigenvalue weighted by molar-refractivity contribution is 0.321. The van der Waals surface area contributed by atoms with Gasteiger partial charge in [-0.05, 0) is 25.6 Å². The lowest BCUT2D eigenvalue weighted by atomic mass is 10.0. The van der Waals surface area contributed by atoms with E-state index >= 15 is 0 Å². The average Bonchev–Trinajstić information content (AvgIpc) is 2.61. The van der Waals surface area contributed by atoms with E-state index in [1.165, 1.54) is 16.2 Å². The number of hydrogen-bond acceptors (Lipinski definition) is 2. The number of hydrogen-bond donors (Lipinski definition) is 0. The van der Waals surface area contributed by atoms with Gasteiger partial charge in [0.2, 0.25) is 0 Å². The number of halogens is 1. The minimum absolute atomic E-state index is 0.231. The van der Waals surface area contributed by atoms with Crippen LogP contribution < -0.4 is 0 Å². The maximum Gasteiger partial charge on any atom is 0.0434 e. The molecule has 2 unspecified atom stereocenters. The third-order valence-electron chi connectivity index (χ3n) is 2.89. The molecule has 0 saturated heterocycles. The van der Waals surface area contributed by atoms with Gasteiger partial charge in [0.15, 0.2) is 0 Å². The molecule has 0 aromatic heterocycles. The molecule has 88 valence electrons. The third kappa shape index (κ3) is 2.93. The van der Waals surface area contributed by atoms with Crippen LogP contribution in [-0.2, 0) is 0 Å².